The number of hydrogen-bond acceptors (Lipinski definition) is 5. The molecule has 2 unspecified atom stereocenters. The van der Waals surface area contributed by atoms with E-state index in [0.717, 1.165) is 30.6 Å². The molecule has 1 aliphatic heterocycles. The number of ether oxygens (including phenoxy) is 1. The maximum atomic E-state index is 12.5. The van der Waals surface area contributed by atoms with Gasteiger partial charge >= 0.3 is 5.97 Å². The summed E-state index contributed by atoms with van der Waals surface area (Å²) in [5.41, 5.74) is 0.352. The number of thiazole rings is 1. The number of nitrogens with zero attached hydrogens (tertiary/aromatic N) is 2. The lowest BCUT2D eigenvalue weighted by atomic mass is 10.1. The summed E-state index contributed by atoms with van der Waals surface area (Å²) in [5.74, 6) is -0.535. The van der Waals surface area contributed by atoms with Crippen molar-refractivity contribution in [2.45, 2.75) is 52.1 Å². The van der Waals surface area contributed by atoms with Crippen LogP contribution >= 0.6 is 11.3 Å². The number of rotatable bonds is 4. The predicted octanol–water partition coefficient (Wildman–Crippen LogP) is 2.72. The van der Waals surface area contributed by atoms with E-state index < -0.39 is 5.97 Å². The van der Waals surface area contributed by atoms with E-state index in [1.165, 1.54) is 0 Å². The van der Waals surface area contributed by atoms with Gasteiger partial charge in [-0.3, -0.25) is 4.79 Å². The van der Waals surface area contributed by atoms with E-state index in [0.29, 0.717) is 12.3 Å². The number of amides is 1. The van der Waals surface area contributed by atoms with Crippen LogP contribution < -0.4 is 0 Å². The van der Waals surface area contributed by atoms with Gasteiger partial charge in [-0.2, -0.15) is 0 Å². The Bertz CT molecular complexity index is 500. The highest BCUT2D eigenvalue weighted by Crippen LogP contribution is 2.28. The maximum Gasteiger partial charge on any atom is 0.367 e. The number of esters is 1. The molecule has 1 saturated heterocycles. The summed E-state index contributed by atoms with van der Waals surface area (Å²) < 4.78 is 4.89. The van der Waals surface area contributed by atoms with Crippen molar-refractivity contribution in [2.24, 2.45) is 0 Å². The summed E-state index contributed by atoms with van der Waals surface area (Å²) in [6, 6.07) is 0.519. The van der Waals surface area contributed by atoms with E-state index in [9.17, 15) is 9.59 Å². The molecule has 20 heavy (non-hydrogen) atoms. The van der Waals surface area contributed by atoms with Gasteiger partial charge in [-0.25, -0.2) is 9.78 Å². The first-order valence-electron chi connectivity index (χ1n) is 7.03. The lowest BCUT2D eigenvalue weighted by Gasteiger charge is -2.27. The van der Waals surface area contributed by atoms with E-state index in [2.05, 4.69) is 18.8 Å². The molecule has 0 saturated carbocycles. The van der Waals surface area contributed by atoms with Crippen LogP contribution in [0.25, 0.3) is 0 Å². The summed E-state index contributed by atoms with van der Waals surface area (Å²) in [6.45, 7) is 6.21. The van der Waals surface area contributed by atoms with Crippen LogP contribution in [0.4, 0.5) is 0 Å². The average molecular weight is 296 g/mol. The van der Waals surface area contributed by atoms with Gasteiger partial charge in [-0.05, 0) is 33.1 Å². The summed E-state index contributed by atoms with van der Waals surface area (Å²) in [6.07, 6.45) is 3.02. The van der Waals surface area contributed by atoms with Crippen LogP contribution in [-0.4, -0.2) is 40.5 Å². The maximum absolute atomic E-state index is 12.5. The molecule has 2 rings (SSSR count). The second-order valence-corrected chi connectivity index (χ2v) is 5.82. The Labute approximate surface area is 122 Å². The molecule has 1 aromatic heterocycles. The quantitative estimate of drug-likeness (QED) is 0.802. The van der Waals surface area contributed by atoms with Gasteiger partial charge in [-0.1, -0.05) is 6.92 Å². The fraction of sp³-hybridized carbons (Fsp3) is 0.643. The molecule has 5 nitrogen and oxygen atoms in total. The van der Waals surface area contributed by atoms with Crippen LogP contribution in [0.1, 0.15) is 60.3 Å². The van der Waals surface area contributed by atoms with Crippen molar-refractivity contribution >= 4 is 23.2 Å². The zero-order chi connectivity index (χ0) is 14.7. The van der Waals surface area contributed by atoms with Gasteiger partial charge in [0, 0.05) is 17.5 Å². The molecule has 0 radical (unpaired) electrons. The minimum Gasteiger partial charge on any atom is -0.461 e. The number of hydrogen-bond donors (Lipinski definition) is 0. The molecule has 1 amide bonds. The summed E-state index contributed by atoms with van der Waals surface area (Å²) in [4.78, 5) is 30.2. The highest BCUT2D eigenvalue weighted by molar-refractivity contribution is 7.11. The van der Waals surface area contributed by atoms with E-state index in [4.69, 9.17) is 4.74 Å². The first-order valence-corrected chi connectivity index (χ1v) is 7.91. The van der Waals surface area contributed by atoms with Gasteiger partial charge in [0.15, 0.2) is 0 Å². The van der Waals surface area contributed by atoms with Crippen molar-refractivity contribution in [2.75, 3.05) is 6.61 Å². The third kappa shape index (κ3) is 2.85. The fourth-order valence-electron chi connectivity index (χ4n) is 2.63. The predicted molar refractivity (Wildman–Crippen MR) is 77.0 cm³/mol. The monoisotopic (exact) mass is 296 g/mol. The molecule has 0 aliphatic carbocycles. The van der Waals surface area contributed by atoms with E-state index in [-0.39, 0.29) is 23.0 Å². The Kier molecular flexibility index (Phi) is 4.75. The molecule has 0 N–H and O–H groups in total. The second-order valence-electron chi connectivity index (χ2n) is 4.96. The molecule has 0 spiro atoms. The van der Waals surface area contributed by atoms with E-state index in [1.54, 1.807) is 12.3 Å². The molecule has 6 heteroatoms. The Morgan fingerprint density at radius 3 is 2.85 bits per heavy atom. The molecular formula is C14H20N2O3S. The Balaban J connectivity index is 2.15. The smallest absolute Gasteiger partial charge is 0.367 e. The van der Waals surface area contributed by atoms with Crippen LogP contribution in [0.15, 0.2) is 5.38 Å². The SMILES string of the molecule is CCOC(=O)c1nc(C(=O)N2C(C)CCC2CC)cs1. The van der Waals surface area contributed by atoms with Crippen LogP contribution in [0.2, 0.25) is 0 Å². The standard InChI is InChI=1S/C14H20N2O3S/c1-4-10-7-6-9(3)16(10)13(17)11-8-20-12(15-11)14(18)19-5-2/h8-10H,4-7H2,1-3H3. The minimum atomic E-state index is -0.460. The van der Waals surface area contributed by atoms with Crippen LogP contribution in [-0.2, 0) is 4.74 Å². The molecule has 1 aromatic rings. The second kappa shape index (κ2) is 6.35. The van der Waals surface area contributed by atoms with Crippen molar-refractivity contribution in [3.05, 3.63) is 16.1 Å². The number of aromatic nitrogens is 1. The number of carbonyl (C=O) groups excluding carboxylic acids is 2. The Morgan fingerprint density at radius 2 is 2.20 bits per heavy atom. The van der Waals surface area contributed by atoms with Crippen molar-refractivity contribution in [3.63, 3.8) is 0 Å². The van der Waals surface area contributed by atoms with Gasteiger partial charge in [-0.15, -0.1) is 11.3 Å². The zero-order valence-electron chi connectivity index (χ0n) is 12.1. The lowest BCUT2D eigenvalue weighted by molar-refractivity contribution is 0.0525. The normalized spacial score (nSPS) is 22.1. The minimum absolute atomic E-state index is 0.0753. The molecular weight excluding hydrogens is 276 g/mol. The van der Waals surface area contributed by atoms with E-state index in [1.807, 2.05) is 4.90 Å². The summed E-state index contributed by atoms with van der Waals surface area (Å²) in [7, 11) is 0. The molecule has 2 atom stereocenters. The third-order valence-corrected chi connectivity index (χ3v) is 4.49. The van der Waals surface area contributed by atoms with Gasteiger partial charge < -0.3 is 9.64 Å². The van der Waals surface area contributed by atoms with E-state index >= 15 is 0 Å². The first-order chi connectivity index (χ1) is 9.58. The largest absolute Gasteiger partial charge is 0.461 e. The fourth-order valence-corrected chi connectivity index (χ4v) is 3.31. The topological polar surface area (TPSA) is 59.5 Å². The number of likely N-dealkylation sites (tertiary alicyclic amines) is 1. The van der Waals surface area contributed by atoms with Gasteiger partial charge in [0.25, 0.3) is 5.91 Å². The molecule has 1 aliphatic rings. The van der Waals surface area contributed by atoms with Crippen molar-refractivity contribution < 1.29 is 14.3 Å². The molecule has 1 fully saturated rings. The van der Waals surface area contributed by atoms with Crippen molar-refractivity contribution in [3.8, 4) is 0 Å². The first kappa shape index (κ1) is 15.0. The van der Waals surface area contributed by atoms with Crippen LogP contribution in [0.5, 0.6) is 0 Å². The lowest BCUT2D eigenvalue weighted by Crippen LogP contribution is -2.39. The number of carbonyl (C=O) groups is 2. The van der Waals surface area contributed by atoms with Gasteiger partial charge in [0.1, 0.15) is 5.69 Å². The van der Waals surface area contributed by atoms with Crippen molar-refractivity contribution in [1.82, 2.24) is 9.88 Å². The van der Waals surface area contributed by atoms with Gasteiger partial charge in [0.2, 0.25) is 5.01 Å². The Hall–Kier alpha value is -1.43. The molecule has 2 heterocycles. The highest BCUT2D eigenvalue weighted by Gasteiger charge is 2.34. The molecule has 110 valence electrons. The van der Waals surface area contributed by atoms with Crippen molar-refractivity contribution in [1.29, 1.82) is 0 Å². The molecule has 0 bridgehead atoms. The summed E-state index contributed by atoms with van der Waals surface area (Å²) >= 11 is 1.16. The Morgan fingerprint density at radius 1 is 1.45 bits per heavy atom. The molecule has 0 aromatic carbocycles. The highest BCUT2D eigenvalue weighted by atomic mass is 32.1. The summed E-state index contributed by atoms with van der Waals surface area (Å²) in [5, 5.41) is 1.89. The zero-order valence-corrected chi connectivity index (χ0v) is 12.9. The van der Waals surface area contributed by atoms with Crippen LogP contribution in [0.3, 0.4) is 0 Å². The van der Waals surface area contributed by atoms with Crippen LogP contribution in [0, 0.1) is 0 Å². The van der Waals surface area contributed by atoms with Gasteiger partial charge in [0.05, 0.1) is 6.61 Å². The third-order valence-electron chi connectivity index (χ3n) is 3.67. The average Bonchev–Trinajstić information content (AvgIpc) is 3.04.